The maximum absolute atomic E-state index is 12.8. The molecular formula is C18H11Cl2N3O2. The van der Waals surface area contributed by atoms with E-state index in [0.717, 1.165) is 5.56 Å². The quantitative estimate of drug-likeness (QED) is 0.526. The van der Waals surface area contributed by atoms with E-state index in [1.807, 2.05) is 6.07 Å². The lowest BCUT2D eigenvalue weighted by Gasteiger charge is -2.08. The van der Waals surface area contributed by atoms with Crippen LogP contribution in [-0.4, -0.2) is 10.9 Å². The smallest absolute Gasteiger partial charge is 0.260 e. The number of carbonyl (C=O) groups is 1. The molecule has 124 valence electrons. The van der Waals surface area contributed by atoms with Crippen LogP contribution in [0.1, 0.15) is 10.4 Å². The van der Waals surface area contributed by atoms with E-state index in [1.165, 1.54) is 0 Å². The minimum absolute atomic E-state index is 0.307. The molecule has 2 bridgehead atoms. The lowest BCUT2D eigenvalue weighted by molar-refractivity contribution is 0.102. The number of nitrogens with two attached hydrogens (primary N) is 1. The third-order valence-electron chi connectivity index (χ3n) is 3.82. The number of nitrogens with one attached hydrogen (secondary N) is 1. The number of anilines is 2. The van der Waals surface area contributed by atoms with Crippen molar-refractivity contribution in [3.8, 4) is 11.1 Å². The fourth-order valence-corrected chi connectivity index (χ4v) is 3.03. The molecule has 0 saturated heterocycles. The molecule has 0 aliphatic rings. The Morgan fingerprint density at radius 3 is 2.60 bits per heavy atom. The first-order valence-electron chi connectivity index (χ1n) is 7.36. The summed E-state index contributed by atoms with van der Waals surface area (Å²) in [5.74, 6) is 0.0599. The Bertz CT molecular complexity index is 1090. The van der Waals surface area contributed by atoms with Crippen molar-refractivity contribution in [3.63, 3.8) is 0 Å². The van der Waals surface area contributed by atoms with Crippen LogP contribution in [0, 0.1) is 0 Å². The molecule has 3 heterocycles. The first-order valence-corrected chi connectivity index (χ1v) is 8.11. The highest BCUT2D eigenvalue weighted by Crippen LogP contribution is 2.37. The number of hydrogen-bond acceptors (Lipinski definition) is 4. The number of nitrogens with zero attached hydrogens (tertiary/aromatic N) is 1. The number of benzene rings is 2. The van der Waals surface area contributed by atoms with E-state index in [2.05, 4.69) is 10.3 Å². The normalized spacial score (nSPS) is 11.1. The van der Waals surface area contributed by atoms with Crippen LogP contribution in [-0.2, 0) is 0 Å². The summed E-state index contributed by atoms with van der Waals surface area (Å²) in [7, 11) is 0. The van der Waals surface area contributed by atoms with Crippen molar-refractivity contribution in [1.29, 1.82) is 0 Å². The van der Waals surface area contributed by atoms with Crippen molar-refractivity contribution in [1.82, 2.24) is 4.98 Å². The summed E-state index contributed by atoms with van der Waals surface area (Å²) in [6.07, 6.45) is 1.59. The molecule has 0 radical (unpaired) electrons. The third kappa shape index (κ3) is 2.77. The van der Waals surface area contributed by atoms with Crippen LogP contribution in [0.2, 0.25) is 10.0 Å². The van der Waals surface area contributed by atoms with E-state index in [4.69, 9.17) is 33.4 Å². The molecule has 0 unspecified atom stereocenters. The number of hydrogen-bond donors (Lipinski definition) is 2. The maximum Gasteiger partial charge on any atom is 0.260 e. The molecule has 3 N–H and O–H groups in total. The summed E-state index contributed by atoms with van der Waals surface area (Å²) >= 11 is 11.9. The highest BCUT2D eigenvalue weighted by atomic mass is 35.5. The Morgan fingerprint density at radius 2 is 1.84 bits per heavy atom. The van der Waals surface area contributed by atoms with Gasteiger partial charge in [0, 0.05) is 17.4 Å². The number of rotatable bonds is 3. The van der Waals surface area contributed by atoms with Gasteiger partial charge in [0.2, 0.25) is 0 Å². The number of aromatic nitrogens is 1. The zero-order chi connectivity index (χ0) is 17.6. The Morgan fingerprint density at radius 1 is 1.04 bits per heavy atom. The van der Waals surface area contributed by atoms with Gasteiger partial charge >= 0.3 is 0 Å². The largest absolute Gasteiger partial charge is 0.456 e. The van der Waals surface area contributed by atoms with Gasteiger partial charge in [-0.1, -0.05) is 23.2 Å². The molecule has 1 aromatic carbocycles. The van der Waals surface area contributed by atoms with Crippen molar-refractivity contribution in [2.75, 3.05) is 11.1 Å². The molecule has 0 atom stereocenters. The lowest BCUT2D eigenvalue weighted by Crippen LogP contribution is -2.12. The van der Waals surface area contributed by atoms with Gasteiger partial charge in [0.15, 0.2) is 0 Å². The van der Waals surface area contributed by atoms with E-state index < -0.39 is 0 Å². The van der Waals surface area contributed by atoms with Crippen LogP contribution in [0.4, 0.5) is 11.5 Å². The van der Waals surface area contributed by atoms with Gasteiger partial charge in [-0.05, 0) is 48.0 Å². The fourth-order valence-electron chi connectivity index (χ4n) is 2.74. The van der Waals surface area contributed by atoms with Crippen molar-refractivity contribution < 1.29 is 9.21 Å². The number of carbonyl (C=O) groups excluding carboxylic acids is 1. The summed E-state index contributed by atoms with van der Waals surface area (Å²) in [6, 6.07) is 11.9. The Hall–Kier alpha value is -2.76. The van der Waals surface area contributed by atoms with E-state index in [1.54, 1.807) is 42.6 Å². The summed E-state index contributed by atoms with van der Waals surface area (Å²) in [6.45, 7) is 0. The predicted octanol–water partition coefficient (Wildman–Crippen LogP) is 5.07. The number of nitrogen functional groups attached to an aromatic ring is 1. The number of furan rings is 2. The van der Waals surface area contributed by atoms with Gasteiger partial charge in [-0.15, -0.1) is 0 Å². The van der Waals surface area contributed by atoms with Crippen LogP contribution in [0.25, 0.3) is 22.3 Å². The van der Waals surface area contributed by atoms with Crippen molar-refractivity contribution >= 4 is 51.8 Å². The molecule has 7 heteroatoms. The molecule has 0 aliphatic carbocycles. The zero-order valence-electron chi connectivity index (χ0n) is 12.7. The van der Waals surface area contributed by atoms with E-state index in [-0.39, 0.29) is 5.91 Å². The van der Waals surface area contributed by atoms with Gasteiger partial charge in [-0.2, -0.15) is 0 Å². The highest BCUT2D eigenvalue weighted by molar-refractivity contribution is 6.42. The first kappa shape index (κ1) is 15.7. The van der Waals surface area contributed by atoms with Crippen molar-refractivity contribution in [3.05, 3.63) is 64.3 Å². The maximum atomic E-state index is 12.8. The number of pyridine rings is 1. The SMILES string of the molecule is Nc1cc(-c2c(C(=O)Nc3ccc(Cl)c(Cl)c3)c3ccc2o3)ccn1. The highest BCUT2D eigenvalue weighted by Gasteiger charge is 2.24. The minimum Gasteiger partial charge on any atom is -0.456 e. The molecule has 5 nitrogen and oxygen atoms in total. The molecule has 25 heavy (non-hydrogen) atoms. The van der Waals surface area contributed by atoms with Gasteiger partial charge in [0.1, 0.15) is 17.0 Å². The van der Waals surface area contributed by atoms with Gasteiger partial charge in [0.25, 0.3) is 5.91 Å². The molecule has 0 saturated carbocycles. The van der Waals surface area contributed by atoms with Crippen LogP contribution in [0.15, 0.2) is 53.1 Å². The standard InChI is InChI=1S/C18H11Cl2N3O2/c19-11-2-1-10(8-12(11)20)23-18(24)17-14-4-3-13(25-14)16(17)9-5-6-22-15(21)7-9/h1-8H,(H2,21,22)(H,23,24). The van der Waals surface area contributed by atoms with Crippen molar-refractivity contribution in [2.45, 2.75) is 0 Å². The van der Waals surface area contributed by atoms with E-state index in [0.29, 0.717) is 43.8 Å². The fraction of sp³-hybridized carbons (Fsp3) is 0. The van der Waals surface area contributed by atoms with Crippen LogP contribution >= 0.6 is 23.2 Å². The molecule has 0 spiro atoms. The van der Waals surface area contributed by atoms with Gasteiger partial charge in [-0.25, -0.2) is 4.98 Å². The lowest BCUT2D eigenvalue weighted by atomic mass is 10.00. The molecule has 1 amide bonds. The summed E-state index contributed by atoms with van der Waals surface area (Å²) in [4.78, 5) is 16.8. The molecule has 4 aromatic rings. The van der Waals surface area contributed by atoms with Crippen LogP contribution in [0.5, 0.6) is 0 Å². The topological polar surface area (TPSA) is 81.2 Å². The van der Waals surface area contributed by atoms with Crippen LogP contribution < -0.4 is 11.1 Å². The number of amides is 1. The van der Waals surface area contributed by atoms with Crippen molar-refractivity contribution in [2.24, 2.45) is 0 Å². The molecule has 4 rings (SSSR count). The van der Waals surface area contributed by atoms with Gasteiger partial charge in [-0.3, -0.25) is 4.79 Å². The second-order valence-electron chi connectivity index (χ2n) is 5.47. The van der Waals surface area contributed by atoms with E-state index in [9.17, 15) is 4.79 Å². The van der Waals surface area contributed by atoms with Gasteiger partial charge < -0.3 is 15.5 Å². The second kappa shape index (κ2) is 5.95. The number of fused-ring (bicyclic) bond motifs is 2. The Labute approximate surface area is 152 Å². The summed E-state index contributed by atoms with van der Waals surface area (Å²) in [5.41, 5.74) is 9.30. The number of halogens is 2. The van der Waals surface area contributed by atoms with Crippen LogP contribution in [0.3, 0.4) is 0 Å². The predicted molar refractivity (Wildman–Crippen MR) is 99.5 cm³/mol. The third-order valence-corrected chi connectivity index (χ3v) is 4.56. The molecule has 0 fully saturated rings. The molecule has 0 aliphatic heterocycles. The molecular weight excluding hydrogens is 361 g/mol. The Kier molecular flexibility index (Phi) is 3.75. The average Bonchev–Trinajstić information content (AvgIpc) is 3.19. The minimum atomic E-state index is -0.307. The average molecular weight is 372 g/mol. The Balaban J connectivity index is 1.75. The first-order chi connectivity index (χ1) is 12.0. The second-order valence-corrected chi connectivity index (χ2v) is 6.28. The molecule has 3 aromatic heterocycles. The van der Waals surface area contributed by atoms with Gasteiger partial charge in [0.05, 0.1) is 15.6 Å². The zero-order valence-corrected chi connectivity index (χ0v) is 14.2. The van der Waals surface area contributed by atoms with E-state index >= 15 is 0 Å². The summed E-state index contributed by atoms with van der Waals surface area (Å²) in [5, 5.41) is 3.60. The summed E-state index contributed by atoms with van der Waals surface area (Å²) < 4.78 is 5.67. The monoisotopic (exact) mass is 371 g/mol.